The fourth-order valence-corrected chi connectivity index (χ4v) is 1.42. The first-order valence-corrected chi connectivity index (χ1v) is 5.08. The van der Waals surface area contributed by atoms with Gasteiger partial charge in [-0.1, -0.05) is 6.07 Å². The molecule has 0 bridgehead atoms. The van der Waals surface area contributed by atoms with Crippen molar-refractivity contribution in [2.24, 2.45) is 0 Å². The van der Waals surface area contributed by atoms with E-state index in [9.17, 15) is 0 Å². The minimum absolute atomic E-state index is 0.435. The van der Waals surface area contributed by atoms with E-state index >= 15 is 0 Å². The molecule has 2 nitrogen and oxygen atoms in total. The van der Waals surface area contributed by atoms with Crippen LogP contribution < -0.4 is 4.74 Å². The van der Waals surface area contributed by atoms with Crippen molar-refractivity contribution in [3.63, 3.8) is 0 Å². The van der Waals surface area contributed by atoms with E-state index in [1.54, 1.807) is 0 Å². The maximum Gasteiger partial charge on any atom is 0.132 e. The number of ether oxygens (including phenoxy) is 1. The van der Waals surface area contributed by atoms with Gasteiger partial charge in [0.05, 0.1) is 16.1 Å². The van der Waals surface area contributed by atoms with E-state index in [-0.39, 0.29) is 0 Å². The fourth-order valence-electron chi connectivity index (χ4n) is 0.928. The summed E-state index contributed by atoms with van der Waals surface area (Å²) < 4.78 is 6.51. The minimum atomic E-state index is 0.435. The Kier molecular flexibility index (Phi) is 4.03. The smallest absolute Gasteiger partial charge is 0.132 e. The molecule has 0 unspecified atom stereocenters. The van der Waals surface area contributed by atoms with Crippen LogP contribution in [0.15, 0.2) is 18.2 Å². The summed E-state index contributed by atoms with van der Waals surface area (Å²) >= 11 is 2.22. The Morgan fingerprint density at radius 3 is 3.00 bits per heavy atom. The SMILES string of the molecule is Cc1ccc(I)c(OCCC#N)c1. The van der Waals surface area contributed by atoms with Crippen LogP contribution in [0.2, 0.25) is 0 Å². The summed E-state index contributed by atoms with van der Waals surface area (Å²) in [5, 5.41) is 8.34. The first-order chi connectivity index (χ1) is 6.24. The number of nitriles is 1. The molecule has 3 heteroatoms. The second-order valence-electron chi connectivity index (χ2n) is 2.69. The lowest BCUT2D eigenvalue weighted by atomic mass is 10.2. The van der Waals surface area contributed by atoms with Gasteiger partial charge in [-0.3, -0.25) is 0 Å². The highest BCUT2D eigenvalue weighted by Crippen LogP contribution is 2.21. The van der Waals surface area contributed by atoms with Crippen LogP contribution in [-0.4, -0.2) is 6.61 Å². The van der Waals surface area contributed by atoms with Gasteiger partial charge in [-0.15, -0.1) is 0 Å². The zero-order chi connectivity index (χ0) is 9.68. The molecule has 1 rings (SSSR count). The Morgan fingerprint density at radius 1 is 1.54 bits per heavy atom. The Balaban J connectivity index is 2.65. The Hall–Kier alpha value is -0.760. The summed E-state index contributed by atoms with van der Waals surface area (Å²) in [6.45, 7) is 2.49. The highest BCUT2D eigenvalue weighted by molar-refractivity contribution is 14.1. The highest BCUT2D eigenvalue weighted by Gasteiger charge is 1.99. The van der Waals surface area contributed by atoms with E-state index in [0.29, 0.717) is 13.0 Å². The molecule has 0 aromatic heterocycles. The molecule has 0 saturated carbocycles. The number of hydrogen-bond acceptors (Lipinski definition) is 2. The lowest BCUT2D eigenvalue weighted by molar-refractivity contribution is 0.324. The normalized spacial score (nSPS) is 9.31. The molecule has 0 fully saturated rings. The van der Waals surface area contributed by atoms with Gasteiger partial charge in [0.25, 0.3) is 0 Å². The third kappa shape index (κ3) is 3.23. The van der Waals surface area contributed by atoms with Crippen LogP contribution in [0.1, 0.15) is 12.0 Å². The minimum Gasteiger partial charge on any atom is -0.491 e. The molecule has 0 aliphatic rings. The molecule has 0 radical (unpaired) electrons. The molecule has 0 aliphatic carbocycles. The summed E-state index contributed by atoms with van der Waals surface area (Å²) in [6, 6.07) is 8.08. The van der Waals surface area contributed by atoms with Crippen molar-refractivity contribution in [2.75, 3.05) is 6.61 Å². The second-order valence-corrected chi connectivity index (χ2v) is 3.85. The van der Waals surface area contributed by atoms with Gasteiger partial charge in [-0.05, 0) is 47.2 Å². The molecule has 0 spiro atoms. The molecule has 0 amide bonds. The molecular formula is C10H10INO. The third-order valence-electron chi connectivity index (χ3n) is 1.56. The van der Waals surface area contributed by atoms with Crippen molar-refractivity contribution in [3.05, 3.63) is 27.3 Å². The molecule has 0 atom stereocenters. The molecular weight excluding hydrogens is 277 g/mol. The van der Waals surface area contributed by atoms with Gasteiger partial charge in [-0.25, -0.2) is 0 Å². The monoisotopic (exact) mass is 287 g/mol. The Labute approximate surface area is 91.7 Å². The number of hydrogen-bond donors (Lipinski definition) is 0. The number of aryl methyl sites for hydroxylation is 1. The summed E-state index contributed by atoms with van der Waals surface area (Å²) in [5.41, 5.74) is 1.17. The van der Waals surface area contributed by atoms with Crippen LogP contribution in [0.4, 0.5) is 0 Å². The maximum atomic E-state index is 8.34. The van der Waals surface area contributed by atoms with E-state index in [4.69, 9.17) is 10.00 Å². The van der Waals surface area contributed by atoms with Crippen LogP contribution in [0.5, 0.6) is 5.75 Å². The van der Waals surface area contributed by atoms with Crippen molar-refractivity contribution < 1.29 is 4.74 Å². The first-order valence-electron chi connectivity index (χ1n) is 4.00. The van der Waals surface area contributed by atoms with Crippen molar-refractivity contribution in [1.29, 1.82) is 5.26 Å². The molecule has 0 N–H and O–H groups in total. The number of benzene rings is 1. The van der Waals surface area contributed by atoms with E-state index in [0.717, 1.165) is 9.32 Å². The van der Waals surface area contributed by atoms with Crippen LogP contribution in [-0.2, 0) is 0 Å². The van der Waals surface area contributed by atoms with Crippen molar-refractivity contribution in [2.45, 2.75) is 13.3 Å². The Bertz CT molecular complexity index is 330. The zero-order valence-electron chi connectivity index (χ0n) is 7.38. The number of rotatable bonds is 3. The van der Waals surface area contributed by atoms with E-state index in [2.05, 4.69) is 22.6 Å². The van der Waals surface area contributed by atoms with Gasteiger partial charge in [-0.2, -0.15) is 5.26 Å². The molecule has 0 saturated heterocycles. The second kappa shape index (κ2) is 5.07. The van der Waals surface area contributed by atoms with Crippen LogP contribution >= 0.6 is 22.6 Å². The molecule has 68 valence electrons. The van der Waals surface area contributed by atoms with Gasteiger partial charge in [0, 0.05) is 0 Å². The fraction of sp³-hybridized carbons (Fsp3) is 0.300. The van der Waals surface area contributed by atoms with Crippen LogP contribution in [0, 0.1) is 21.8 Å². The quantitative estimate of drug-likeness (QED) is 0.632. The highest BCUT2D eigenvalue weighted by atomic mass is 127. The average molecular weight is 287 g/mol. The zero-order valence-corrected chi connectivity index (χ0v) is 9.54. The van der Waals surface area contributed by atoms with Gasteiger partial charge < -0.3 is 4.74 Å². The Morgan fingerprint density at radius 2 is 2.31 bits per heavy atom. The topological polar surface area (TPSA) is 33.0 Å². The van der Waals surface area contributed by atoms with E-state index < -0.39 is 0 Å². The predicted molar refractivity (Wildman–Crippen MR) is 59.6 cm³/mol. The lowest BCUT2D eigenvalue weighted by Crippen LogP contribution is -1.97. The predicted octanol–water partition coefficient (Wildman–Crippen LogP) is 2.89. The summed E-state index contributed by atoms with van der Waals surface area (Å²) in [5.74, 6) is 0.871. The summed E-state index contributed by atoms with van der Waals surface area (Å²) in [6.07, 6.45) is 0.435. The molecule has 13 heavy (non-hydrogen) atoms. The van der Waals surface area contributed by atoms with E-state index in [1.807, 2.05) is 31.2 Å². The van der Waals surface area contributed by atoms with E-state index in [1.165, 1.54) is 5.56 Å². The van der Waals surface area contributed by atoms with Gasteiger partial charge >= 0.3 is 0 Å². The number of nitrogens with zero attached hydrogens (tertiary/aromatic N) is 1. The van der Waals surface area contributed by atoms with Crippen LogP contribution in [0.25, 0.3) is 0 Å². The molecule has 1 aromatic rings. The van der Waals surface area contributed by atoms with Crippen molar-refractivity contribution in [3.8, 4) is 11.8 Å². The van der Waals surface area contributed by atoms with Gasteiger partial charge in [0.1, 0.15) is 12.4 Å². The van der Waals surface area contributed by atoms with Gasteiger partial charge in [0.2, 0.25) is 0 Å². The summed E-state index contributed by atoms with van der Waals surface area (Å²) in [4.78, 5) is 0. The largest absolute Gasteiger partial charge is 0.491 e. The average Bonchev–Trinajstić information content (AvgIpc) is 2.11. The van der Waals surface area contributed by atoms with Crippen molar-refractivity contribution >= 4 is 22.6 Å². The summed E-state index contributed by atoms with van der Waals surface area (Å²) in [7, 11) is 0. The maximum absolute atomic E-state index is 8.34. The van der Waals surface area contributed by atoms with Gasteiger partial charge in [0.15, 0.2) is 0 Å². The molecule has 1 aromatic carbocycles. The molecule has 0 aliphatic heterocycles. The lowest BCUT2D eigenvalue weighted by Gasteiger charge is -2.06. The standard InChI is InChI=1S/C10H10INO/c1-8-3-4-9(11)10(7-8)13-6-2-5-12/h3-4,7H,2,6H2,1H3. The number of halogens is 1. The van der Waals surface area contributed by atoms with Crippen molar-refractivity contribution in [1.82, 2.24) is 0 Å². The third-order valence-corrected chi connectivity index (χ3v) is 2.45. The van der Waals surface area contributed by atoms with Crippen LogP contribution in [0.3, 0.4) is 0 Å². The first kappa shape index (κ1) is 10.3. The molecule has 0 heterocycles.